The summed E-state index contributed by atoms with van der Waals surface area (Å²) in [4.78, 5) is 23.2. The molecule has 0 fully saturated rings. The predicted molar refractivity (Wildman–Crippen MR) is 74.7 cm³/mol. The Morgan fingerprint density at radius 2 is 1.72 bits per heavy atom. The van der Waals surface area contributed by atoms with E-state index < -0.39 is 5.43 Å². The number of benzene rings is 1. The summed E-state index contributed by atoms with van der Waals surface area (Å²) in [5, 5.41) is 3.09. The third-order valence-corrected chi connectivity index (χ3v) is 3.00. The molecule has 0 aliphatic carbocycles. The first-order chi connectivity index (χ1) is 8.61. The normalized spacial score (nSPS) is 11.1. The van der Waals surface area contributed by atoms with Crippen molar-refractivity contribution >= 4 is 5.69 Å². The average Bonchev–Trinajstić information content (AvgIpc) is 2.37. The van der Waals surface area contributed by atoms with Crippen LogP contribution in [0, 0.1) is 5.92 Å². The van der Waals surface area contributed by atoms with E-state index in [2.05, 4.69) is 19.2 Å². The Morgan fingerprint density at radius 1 is 1.06 bits per heavy atom. The second-order valence-corrected chi connectivity index (χ2v) is 4.88. The van der Waals surface area contributed by atoms with Crippen LogP contribution in [-0.4, -0.2) is 6.54 Å². The molecule has 0 unspecified atom stereocenters. The molecular weight excluding hydrogens is 226 g/mol. The summed E-state index contributed by atoms with van der Waals surface area (Å²) in [5.74, 6) is 0.573. The zero-order valence-electron chi connectivity index (χ0n) is 10.7. The van der Waals surface area contributed by atoms with Crippen LogP contribution in [0.2, 0.25) is 0 Å². The Morgan fingerprint density at radius 3 is 2.33 bits per heavy atom. The van der Waals surface area contributed by atoms with Crippen LogP contribution in [0.3, 0.4) is 0 Å². The molecule has 2 rings (SSSR count). The average molecular weight is 243 g/mol. The highest BCUT2D eigenvalue weighted by atomic mass is 16.2. The molecule has 0 spiro atoms. The van der Waals surface area contributed by atoms with E-state index >= 15 is 0 Å². The van der Waals surface area contributed by atoms with E-state index in [1.165, 1.54) is 0 Å². The van der Waals surface area contributed by atoms with Gasteiger partial charge in [0, 0.05) is 6.54 Å². The molecule has 2 aromatic rings. The van der Waals surface area contributed by atoms with E-state index in [1.54, 1.807) is 0 Å². The number of rotatable bonds is 5. The van der Waals surface area contributed by atoms with E-state index in [1.807, 2.05) is 30.3 Å². The second-order valence-electron chi connectivity index (χ2n) is 4.88. The number of anilines is 1. The highest BCUT2D eigenvalue weighted by molar-refractivity contribution is 5.81. The first-order valence-corrected chi connectivity index (χ1v) is 6.24. The van der Waals surface area contributed by atoms with Gasteiger partial charge in [-0.25, -0.2) is 0 Å². The topological polar surface area (TPSA) is 46.2 Å². The molecule has 0 heterocycles. The minimum atomic E-state index is -0.391. The number of nitrogens with one attached hydrogen (secondary N) is 1. The van der Waals surface area contributed by atoms with Crippen molar-refractivity contribution in [1.82, 2.24) is 0 Å². The third-order valence-electron chi connectivity index (χ3n) is 3.00. The van der Waals surface area contributed by atoms with Gasteiger partial charge >= 0.3 is 0 Å². The van der Waals surface area contributed by atoms with Crippen LogP contribution in [0.4, 0.5) is 5.69 Å². The van der Waals surface area contributed by atoms with Crippen molar-refractivity contribution in [3.05, 3.63) is 50.8 Å². The fraction of sp³-hybridized carbons (Fsp3) is 0.333. The molecular formula is C15H17NO2. The maximum Gasteiger partial charge on any atom is 0.250 e. The van der Waals surface area contributed by atoms with Gasteiger partial charge in [-0.3, -0.25) is 9.59 Å². The SMILES string of the molecule is CC(C)CCNc1c(-c2ccccc2)c(=O)c1=O. The molecule has 94 valence electrons. The minimum Gasteiger partial charge on any atom is -0.381 e. The highest BCUT2D eigenvalue weighted by Crippen LogP contribution is 2.23. The summed E-state index contributed by atoms with van der Waals surface area (Å²) < 4.78 is 0. The summed E-state index contributed by atoms with van der Waals surface area (Å²) in [6.07, 6.45) is 0.979. The summed E-state index contributed by atoms with van der Waals surface area (Å²) in [7, 11) is 0. The molecule has 3 nitrogen and oxygen atoms in total. The first-order valence-electron chi connectivity index (χ1n) is 6.24. The molecule has 0 bridgehead atoms. The van der Waals surface area contributed by atoms with E-state index in [4.69, 9.17) is 0 Å². The molecule has 0 radical (unpaired) electrons. The molecule has 3 heteroatoms. The van der Waals surface area contributed by atoms with Crippen LogP contribution >= 0.6 is 0 Å². The lowest BCUT2D eigenvalue weighted by molar-refractivity contribution is 0.607. The number of hydrogen-bond acceptors (Lipinski definition) is 3. The van der Waals surface area contributed by atoms with Crippen molar-refractivity contribution < 1.29 is 0 Å². The van der Waals surface area contributed by atoms with Crippen molar-refractivity contribution in [3.8, 4) is 11.1 Å². The molecule has 1 N–H and O–H groups in total. The first kappa shape index (κ1) is 12.6. The molecule has 0 aliphatic heterocycles. The monoisotopic (exact) mass is 243 g/mol. The second kappa shape index (κ2) is 5.17. The minimum absolute atomic E-state index is 0.381. The summed E-state index contributed by atoms with van der Waals surface area (Å²) in [5.41, 5.74) is 1.05. The highest BCUT2D eigenvalue weighted by Gasteiger charge is 2.21. The van der Waals surface area contributed by atoms with Crippen LogP contribution < -0.4 is 16.2 Å². The maximum absolute atomic E-state index is 11.6. The van der Waals surface area contributed by atoms with Gasteiger partial charge in [0.1, 0.15) is 0 Å². The summed E-state index contributed by atoms with van der Waals surface area (Å²) in [6, 6.07) is 9.32. The van der Waals surface area contributed by atoms with Crippen molar-refractivity contribution in [1.29, 1.82) is 0 Å². The molecule has 0 amide bonds. The van der Waals surface area contributed by atoms with Crippen LogP contribution in [0.15, 0.2) is 39.9 Å². The lowest BCUT2D eigenvalue weighted by Crippen LogP contribution is -2.36. The van der Waals surface area contributed by atoms with E-state index in [0.29, 0.717) is 17.2 Å². The van der Waals surface area contributed by atoms with Crippen molar-refractivity contribution in [2.24, 2.45) is 5.92 Å². The third kappa shape index (κ3) is 2.35. The van der Waals surface area contributed by atoms with Gasteiger partial charge in [-0.2, -0.15) is 0 Å². The molecule has 0 aromatic heterocycles. The van der Waals surface area contributed by atoms with Gasteiger partial charge in [0.25, 0.3) is 0 Å². The fourth-order valence-electron chi connectivity index (χ4n) is 1.93. The van der Waals surface area contributed by atoms with Gasteiger partial charge < -0.3 is 5.32 Å². The number of hydrogen-bond donors (Lipinski definition) is 1. The zero-order valence-corrected chi connectivity index (χ0v) is 10.7. The zero-order chi connectivity index (χ0) is 13.1. The Hall–Kier alpha value is -1.90. The van der Waals surface area contributed by atoms with Crippen molar-refractivity contribution in [3.63, 3.8) is 0 Å². The molecule has 0 aliphatic rings. The van der Waals surface area contributed by atoms with Gasteiger partial charge in [0.05, 0.1) is 11.3 Å². The summed E-state index contributed by atoms with van der Waals surface area (Å²) >= 11 is 0. The molecule has 0 atom stereocenters. The van der Waals surface area contributed by atoms with Crippen LogP contribution in [-0.2, 0) is 0 Å². The quantitative estimate of drug-likeness (QED) is 0.820. The molecule has 0 saturated heterocycles. The van der Waals surface area contributed by atoms with E-state index in [9.17, 15) is 9.59 Å². The van der Waals surface area contributed by atoms with Gasteiger partial charge in [-0.1, -0.05) is 44.2 Å². The van der Waals surface area contributed by atoms with Crippen molar-refractivity contribution in [2.45, 2.75) is 20.3 Å². The largest absolute Gasteiger partial charge is 0.381 e. The van der Waals surface area contributed by atoms with Crippen LogP contribution in [0.5, 0.6) is 0 Å². The fourth-order valence-corrected chi connectivity index (χ4v) is 1.93. The summed E-state index contributed by atoms with van der Waals surface area (Å²) in [6.45, 7) is 4.98. The van der Waals surface area contributed by atoms with Crippen LogP contribution in [0.25, 0.3) is 11.1 Å². The van der Waals surface area contributed by atoms with Gasteiger partial charge in [-0.15, -0.1) is 0 Å². The molecule has 0 saturated carbocycles. The van der Waals surface area contributed by atoms with E-state index in [-0.39, 0.29) is 5.43 Å². The Bertz CT molecular complexity index is 592. The Kier molecular flexibility index (Phi) is 3.60. The predicted octanol–water partition coefficient (Wildman–Crippen LogP) is 2.41. The maximum atomic E-state index is 11.6. The standard InChI is InChI=1S/C15H17NO2/c1-10(2)8-9-16-13-12(14(17)15(13)18)11-6-4-3-5-7-11/h3-7,10,16H,8-9H2,1-2H3. The van der Waals surface area contributed by atoms with Gasteiger partial charge in [0.2, 0.25) is 10.9 Å². The Labute approximate surface area is 106 Å². The lowest BCUT2D eigenvalue weighted by atomic mass is 9.98. The van der Waals surface area contributed by atoms with Crippen molar-refractivity contribution in [2.75, 3.05) is 11.9 Å². The Balaban J connectivity index is 2.20. The smallest absolute Gasteiger partial charge is 0.250 e. The van der Waals surface area contributed by atoms with Gasteiger partial charge in [0.15, 0.2) is 0 Å². The van der Waals surface area contributed by atoms with E-state index in [0.717, 1.165) is 18.5 Å². The van der Waals surface area contributed by atoms with Gasteiger partial charge in [-0.05, 0) is 17.9 Å². The van der Waals surface area contributed by atoms with Crippen LogP contribution in [0.1, 0.15) is 20.3 Å². The lowest BCUT2D eigenvalue weighted by Gasteiger charge is -2.14. The molecule has 2 aromatic carbocycles. The molecule has 18 heavy (non-hydrogen) atoms.